The van der Waals surface area contributed by atoms with E-state index in [0.717, 1.165) is 32.2 Å². The lowest BCUT2D eigenvalue weighted by molar-refractivity contribution is -0.137. The zero-order valence-corrected chi connectivity index (χ0v) is 12.0. The third kappa shape index (κ3) is 6.97. The molecule has 106 valence electrons. The van der Waals surface area contributed by atoms with Crippen LogP contribution in [0.4, 0.5) is 0 Å². The van der Waals surface area contributed by atoms with E-state index in [0.29, 0.717) is 12.5 Å². The van der Waals surface area contributed by atoms with Crippen LogP contribution < -0.4 is 0 Å². The van der Waals surface area contributed by atoms with Crippen molar-refractivity contribution in [1.82, 2.24) is 4.90 Å². The van der Waals surface area contributed by atoms with Crippen molar-refractivity contribution in [2.24, 2.45) is 0 Å². The van der Waals surface area contributed by atoms with Gasteiger partial charge in [0.1, 0.15) is 0 Å². The molecule has 0 radical (unpaired) electrons. The number of hydrogen-bond acceptors (Lipinski definition) is 2. The molecule has 1 atom stereocenters. The summed E-state index contributed by atoms with van der Waals surface area (Å²) in [5.74, 6) is -0.689. The van der Waals surface area contributed by atoms with Gasteiger partial charge in [-0.25, -0.2) is 0 Å². The Labute approximate surface area is 116 Å². The van der Waals surface area contributed by atoms with E-state index in [2.05, 4.69) is 43.1 Å². The SMILES string of the molecule is CC(Cc1ccccc1)N(C)CCCCCC(=O)O. The van der Waals surface area contributed by atoms with E-state index in [9.17, 15) is 4.79 Å². The molecule has 0 fully saturated rings. The molecule has 0 saturated carbocycles. The number of carboxylic acid groups (broad SMARTS) is 1. The summed E-state index contributed by atoms with van der Waals surface area (Å²) in [4.78, 5) is 12.8. The minimum absolute atomic E-state index is 0.295. The van der Waals surface area contributed by atoms with Gasteiger partial charge >= 0.3 is 5.97 Å². The second-order valence-electron chi connectivity index (χ2n) is 5.22. The summed E-state index contributed by atoms with van der Waals surface area (Å²) in [5, 5.41) is 8.56. The quantitative estimate of drug-likeness (QED) is 0.696. The first-order chi connectivity index (χ1) is 9.09. The van der Waals surface area contributed by atoms with Crippen LogP contribution in [-0.4, -0.2) is 35.6 Å². The standard InChI is InChI=1S/C16H25NO2/c1-14(13-15-9-5-3-6-10-15)17(2)12-8-4-7-11-16(18)19/h3,5-6,9-10,14H,4,7-8,11-13H2,1-2H3,(H,18,19). The smallest absolute Gasteiger partial charge is 0.303 e. The van der Waals surface area contributed by atoms with Gasteiger partial charge in [-0.05, 0) is 45.3 Å². The number of hydrogen-bond donors (Lipinski definition) is 1. The van der Waals surface area contributed by atoms with Crippen LogP contribution in [0.2, 0.25) is 0 Å². The maximum atomic E-state index is 10.4. The first-order valence-corrected chi connectivity index (χ1v) is 7.05. The number of likely N-dealkylation sites (N-methyl/N-ethyl adjacent to an activating group) is 1. The number of nitrogens with zero attached hydrogens (tertiary/aromatic N) is 1. The summed E-state index contributed by atoms with van der Waals surface area (Å²) in [7, 11) is 2.14. The average molecular weight is 263 g/mol. The molecule has 0 heterocycles. The van der Waals surface area contributed by atoms with E-state index in [1.807, 2.05) is 6.07 Å². The van der Waals surface area contributed by atoms with Crippen molar-refractivity contribution in [2.45, 2.75) is 45.1 Å². The summed E-state index contributed by atoms with van der Waals surface area (Å²) in [5.41, 5.74) is 1.37. The topological polar surface area (TPSA) is 40.5 Å². The number of carboxylic acids is 1. The molecule has 1 N–H and O–H groups in total. The second-order valence-corrected chi connectivity index (χ2v) is 5.22. The Bertz CT molecular complexity index is 364. The third-order valence-electron chi connectivity index (χ3n) is 3.53. The largest absolute Gasteiger partial charge is 0.481 e. The Hall–Kier alpha value is -1.35. The van der Waals surface area contributed by atoms with E-state index in [1.54, 1.807) is 0 Å². The molecule has 1 unspecified atom stereocenters. The zero-order valence-electron chi connectivity index (χ0n) is 12.0. The summed E-state index contributed by atoms with van der Waals surface area (Å²) in [6.45, 7) is 3.28. The number of carbonyl (C=O) groups is 1. The molecule has 0 aliphatic rings. The second kappa shape index (κ2) is 8.70. The Morgan fingerprint density at radius 2 is 1.89 bits per heavy atom. The predicted octanol–water partition coefficient (Wildman–Crippen LogP) is 3.19. The maximum absolute atomic E-state index is 10.4. The van der Waals surface area contributed by atoms with Crippen molar-refractivity contribution in [3.63, 3.8) is 0 Å². The van der Waals surface area contributed by atoms with Crippen molar-refractivity contribution < 1.29 is 9.90 Å². The number of rotatable bonds is 9. The van der Waals surface area contributed by atoms with Crippen LogP contribution in [0.1, 0.15) is 38.2 Å². The fourth-order valence-corrected chi connectivity index (χ4v) is 2.15. The maximum Gasteiger partial charge on any atom is 0.303 e. The van der Waals surface area contributed by atoms with Gasteiger partial charge in [0.2, 0.25) is 0 Å². The van der Waals surface area contributed by atoms with Crippen molar-refractivity contribution in [2.75, 3.05) is 13.6 Å². The molecular weight excluding hydrogens is 238 g/mol. The number of benzene rings is 1. The summed E-state index contributed by atoms with van der Waals surface area (Å²) >= 11 is 0. The molecule has 0 amide bonds. The highest BCUT2D eigenvalue weighted by atomic mass is 16.4. The molecule has 0 aliphatic heterocycles. The molecular formula is C16H25NO2. The van der Waals surface area contributed by atoms with Crippen molar-refractivity contribution in [1.29, 1.82) is 0 Å². The average Bonchev–Trinajstić information content (AvgIpc) is 2.38. The first kappa shape index (κ1) is 15.7. The fourth-order valence-electron chi connectivity index (χ4n) is 2.15. The van der Waals surface area contributed by atoms with Gasteiger partial charge in [0.25, 0.3) is 0 Å². The van der Waals surface area contributed by atoms with Crippen LogP contribution in [0.15, 0.2) is 30.3 Å². The Morgan fingerprint density at radius 1 is 1.21 bits per heavy atom. The van der Waals surface area contributed by atoms with Gasteiger partial charge in [-0.2, -0.15) is 0 Å². The van der Waals surface area contributed by atoms with Gasteiger partial charge in [-0.3, -0.25) is 4.79 Å². The lowest BCUT2D eigenvalue weighted by atomic mass is 10.1. The molecule has 1 aromatic rings. The summed E-state index contributed by atoms with van der Waals surface area (Å²) in [6.07, 6.45) is 4.21. The normalized spacial score (nSPS) is 12.6. The van der Waals surface area contributed by atoms with Crippen LogP contribution in [0, 0.1) is 0 Å². The van der Waals surface area contributed by atoms with E-state index in [4.69, 9.17) is 5.11 Å². The van der Waals surface area contributed by atoms with Crippen LogP contribution >= 0.6 is 0 Å². The van der Waals surface area contributed by atoms with Gasteiger partial charge in [0.05, 0.1) is 0 Å². The Morgan fingerprint density at radius 3 is 2.53 bits per heavy atom. The summed E-state index contributed by atoms with van der Waals surface area (Å²) < 4.78 is 0. The molecule has 0 spiro atoms. The molecule has 3 heteroatoms. The van der Waals surface area contributed by atoms with Crippen molar-refractivity contribution in [3.8, 4) is 0 Å². The Kier molecular flexibility index (Phi) is 7.19. The lowest BCUT2D eigenvalue weighted by Gasteiger charge is -2.24. The van der Waals surface area contributed by atoms with E-state index < -0.39 is 5.97 Å². The lowest BCUT2D eigenvalue weighted by Crippen LogP contribution is -2.31. The number of unbranched alkanes of at least 4 members (excludes halogenated alkanes) is 2. The predicted molar refractivity (Wildman–Crippen MR) is 78.3 cm³/mol. The third-order valence-corrected chi connectivity index (χ3v) is 3.53. The number of aliphatic carboxylic acids is 1. The van der Waals surface area contributed by atoms with E-state index in [-0.39, 0.29) is 0 Å². The van der Waals surface area contributed by atoms with Crippen molar-refractivity contribution in [3.05, 3.63) is 35.9 Å². The highest BCUT2D eigenvalue weighted by molar-refractivity contribution is 5.66. The highest BCUT2D eigenvalue weighted by Gasteiger charge is 2.09. The minimum Gasteiger partial charge on any atom is -0.481 e. The van der Waals surface area contributed by atoms with Crippen molar-refractivity contribution >= 4 is 5.97 Å². The highest BCUT2D eigenvalue weighted by Crippen LogP contribution is 2.09. The van der Waals surface area contributed by atoms with Gasteiger partial charge < -0.3 is 10.0 Å². The monoisotopic (exact) mass is 263 g/mol. The van der Waals surface area contributed by atoms with Gasteiger partial charge in [0.15, 0.2) is 0 Å². The van der Waals surface area contributed by atoms with E-state index >= 15 is 0 Å². The molecule has 0 saturated heterocycles. The molecule has 3 nitrogen and oxygen atoms in total. The molecule has 0 aliphatic carbocycles. The molecule has 1 rings (SSSR count). The van der Waals surface area contributed by atoms with E-state index in [1.165, 1.54) is 5.56 Å². The molecule has 1 aromatic carbocycles. The van der Waals surface area contributed by atoms with Crippen LogP contribution in [0.3, 0.4) is 0 Å². The first-order valence-electron chi connectivity index (χ1n) is 7.05. The van der Waals surface area contributed by atoms with Gasteiger partial charge in [-0.15, -0.1) is 0 Å². The zero-order chi connectivity index (χ0) is 14.1. The molecule has 0 bridgehead atoms. The minimum atomic E-state index is -0.689. The van der Waals surface area contributed by atoms with Crippen LogP contribution in [0.25, 0.3) is 0 Å². The molecule has 19 heavy (non-hydrogen) atoms. The van der Waals surface area contributed by atoms with Crippen LogP contribution in [-0.2, 0) is 11.2 Å². The fraction of sp³-hybridized carbons (Fsp3) is 0.562. The summed E-state index contributed by atoms with van der Waals surface area (Å²) in [6, 6.07) is 11.0. The van der Waals surface area contributed by atoms with Gasteiger partial charge in [0, 0.05) is 12.5 Å². The Balaban J connectivity index is 2.18. The molecule has 0 aromatic heterocycles. The van der Waals surface area contributed by atoms with Gasteiger partial charge in [-0.1, -0.05) is 36.8 Å². The van der Waals surface area contributed by atoms with Crippen LogP contribution in [0.5, 0.6) is 0 Å².